The topological polar surface area (TPSA) is 99.2 Å². The van der Waals surface area contributed by atoms with Crippen molar-refractivity contribution in [3.8, 4) is 0 Å². The quantitative estimate of drug-likeness (QED) is 0.275. The van der Waals surface area contributed by atoms with E-state index in [1.54, 1.807) is 4.90 Å². The Bertz CT molecular complexity index is 327. The summed E-state index contributed by atoms with van der Waals surface area (Å²) in [4.78, 5) is 14.4. The number of aliphatic hydroxyl groups is 1. The highest BCUT2D eigenvalue weighted by Crippen LogP contribution is 2.27. The van der Waals surface area contributed by atoms with Crippen LogP contribution in [-0.2, 0) is 4.79 Å². The number of nitrogens with two attached hydrogens (primary N) is 1. The van der Waals surface area contributed by atoms with Gasteiger partial charge in [-0.3, -0.25) is 4.79 Å². The SMILES string of the molecule is CC(C)C(C(=O)N(CCCO)C1CCC1)C(N)=NO. The fourth-order valence-corrected chi connectivity index (χ4v) is 2.41. The van der Waals surface area contributed by atoms with Gasteiger partial charge in [0.2, 0.25) is 5.91 Å². The molecule has 0 aromatic rings. The van der Waals surface area contributed by atoms with Gasteiger partial charge in [-0.2, -0.15) is 0 Å². The normalized spacial score (nSPS) is 18.2. The molecule has 0 aromatic carbocycles. The molecule has 0 aromatic heterocycles. The largest absolute Gasteiger partial charge is 0.409 e. The summed E-state index contributed by atoms with van der Waals surface area (Å²) in [6.45, 7) is 4.35. The van der Waals surface area contributed by atoms with Crippen molar-refractivity contribution in [3.63, 3.8) is 0 Å². The van der Waals surface area contributed by atoms with E-state index in [0.717, 1.165) is 19.3 Å². The number of hydrogen-bond acceptors (Lipinski definition) is 4. The van der Waals surface area contributed by atoms with E-state index in [2.05, 4.69) is 5.16 Å². The number of carbonyl (C=O) groups is 1. The third kappa shape index (κ3) is 3.83. The molecule has 1 aliphatic rings. The second-order valence-electron chi connectivity index (χ2n) is 5.44. The Morgan fingerprint density at radius 3 is 2.47 bits per heavy atom. The van der Waals surface area contributed by atoms with Gasteiger partial charge < -0.3 is 20.9 Å². The fourth-order valence-electron chi connectivity index (χ4n) is 2.41. The van der Waals surface area contributed by atoms with Crippen LogP contribution < -0.4 is 5.73 Å². The van der Waals surface area contributed by atoms with Crippen LogP contribution in [0.15, 0.2) is 5.16 Å². The zero-order chi connectivity index (χ0) is 14.4. The van der Waals surface area contributed by atoms with Crippen molar-refractivity contribution in [2.24, 2.45) is 22.7 Å². The van der Waals surface area contributed by atoms with Gasteiger partial charge in [0.25, 0.3) is 0 Å². The molecule has 6 nitrogen and oxygen atoms in total. The van der Waals surface area contributed by atoms with Crippen LogP contribution in [0.4, 0.5) is 0 Å². The maximum absolute atomic E-state index is 12.6. The number of rotatable bonds is 7. The Balaban J connectivity index is 2.82. The zero-order valence-corrected chi connectivity index (χ0v) is 11.7. The molecule has 0 radical (unpaired) electrons. The first-order valence-electron chi connectivity index (χ1n) is 6.91. The van der Waals surface area contributed by atoms with E-state index in [9.17, 15) is 4.79 Å². The van der Waals surface area contributed by atoms with Gasteiger partial charge in [0.1, 0.15) is 5.92 Å². The van der Waals surface area contributed by atoms with Crippen LogP contribution in [-0.4, -0.2) is 46.1 Å². The number of aliphatic hydroxyl groups excluding tert-OH is 1. The molecule has 1 saturated carbocycles. The molecule has 1 amide bonds. The number of oxime groups is 1. The Labute approximate surface area is 114 Å². The van der Waals surface area contributed by atoms with E-state index in [0.29, 0.717) is 13.0 Å². The molecular formula is C13H25N3O3. The van der Waals surface area contributed by atoms with Crippen LogP contribution in [0.3, 0.4) is 0 Å². The smallest absolute Gasteiger partial charge is 0.233 e. The molecule has 1 atom stereocenters. The van der Waals surface area contributed by atoms with Crippen LogP contribution in [0.25, 0.3) is 0 Å². The third-order valence-electron chi connectivity index (χ3n) is 3.72. The summed E-state index contributed by atoms with van der Waals surface area (Å²) in [5.74, 6) is -0.749. The summed E-state index contributed by atoms with van der Waals surface area (Å²) in [7, 11) is 0. The van der Waals surface area contributed by atoms with E-state index in [1.165, 1.54) is 0 Å². The standard InChI is InChI=1S/C13H25N3O3/c1-9(2)11(12(14)15-19)13(18)16(7-4-8-17)10-5-3-6-10/h9-11,17,19H,3-8H2,1-2H3,(H2,14,15). The first-order chi connectivity index (χ1) is 9.02. The van der Waals surface area contributed by atoms with E-state index in [-0.39, 0.29) is 30.3 Å². The molecule has 1 rings (SSSR count). The Hall–Kier alpha value is -1.30. The lowest BCUT2D eigenvalue weighted by atomic mass is 9.87. The van der Waals surface area contributed by atoms with Crippen molar-refractivity contribution in [2.45, 2.75) is 45.6 Å². The molecule has 0 saturated heterocycles. The number of amidine groups is 1. The highest BCUT2D eigenvalue weighted by atomic mass is 16.4. The second-order valence-corrected chi connectivity index (χ2v) is 5.44. The van der Waals surface area contributed by atoms with Crippen LogP contribution in [0.2, 0.25) is 0 Å². The van der Waals surface area contributed by atoms with E-state index < -0.39 is 5.92 Å². The maximum atomic E-state index is 12.6. The maximum Gasteiger partial charge on any atom is 0.233 e. The monoisotopic (exact) mass is 271 g/mol. The molecule has 110 valence electrons. The third-order valence-corrected chi connectivity index (χ3v) is 3.72. The van der Waals surface area contributed by atoms with E-state index in [1.807, 2.05) is 13.8 Å². The first-order valence-corrected chi connectivity index (χ1v) is 6.91. The summed E-state index contributed by atoms with van der Waals surface area (Å²) in [6, 6.07) is 0.242. The van der Waals surface area contributed by atoms with Gasteiger partial charge in [-0.15, -0.1) is 0 Å². The van der Waals surface area contributed by atoms with Crippen molar-refractivity contribution in [1.82, 2.24) is 4.90 Å². The minimum atomic E-state index is -0.593. The second kappa shape index (κ2) is 7.33. The Morgan fingerprint density at radius 1 is 1.47 bits per heavy atom. The van der Waals surface area contributed by atoms with Gasteiger partial charge in [0, 0.05) is 19.2 Å². The molecule has 0 bridgehead atoms. The van der Waals surface area contributed by atoms with E-state index >= 15 is 0 Å². The van der Waals surface area contributed by atoms with E-state index in [4.69, 9.17) is 16.0 Å². The Kier molecular flexibility index (Phi) is 6.08. The molecule has 6 heteroatoms. The van der Waals surface area contributed by atoms with Crippen molar-refractivity contribution >= 4 is 11.7 Å². The number of amides is 1. The average molecular weight is 271 g/mol. The zero-order valence-electron chi connectivity index (χ0n) is 11.7. The highest BCUT2D eigenvalue weighted by molar-refractivity contribution is 6.02. The van der Waals surface area contributed by atoms with Crippen molar-refractivity contribution in [2.75, 3.05) is 13.2 Å². The summed E-state index contributed by atoms with van der Waals surface area (Å²) in [5.41, 5.74) is 5.65. The predicted molar refractivity (Wildman–Crippen MR) is 72.8 cm³/mol. The number of carbonyl (C=O) groups excluding carboxylic acids is 1. The van der Waals surface area contributed by atoms with Gasteiger partial charge in [-0.1, -0.05) is 19.0 Å². The number of nitrogens with zero attached hydrogens (tertiary/aromatic N) is 2. The lowest BCUT2D eigenvalue weighted by molar-refractivity contribution is -0.138. The van der Waals surface area contributed by atoms with Crippen molar-refractivity contribution < 1.29 is 15.1 Å². The van der Waals surface area contributed by atoms with Gasteiger partial charge >= 0.3 is 0 Å². The lowest BCUT2D eigenvalue weighted by Gasteiger charge is -2.39. The van der Waals surface area contributed by atoms with Crippen LogP contribution in [0.1, 0.15) is 39.5 Å². The fraction of sp³-hybridized carbons (Fsp3) is 0.846. The predicted octanol–water partition coefficient (Wildman–Crippen LogP) is 0.769. The summed E-state index contributed by atoms with van der Waals surface area (Å²) < 4.78 is 0. The molecule has 19 heavy (non-hydrogen) atoms. The lowest BCUT2D eigenvalue weighted by Crippen LogP contribution is -2.51. The molecule has 0 spiro atoms. The minimum Gasteiger partial charge on any atom is -0.409 e. The number of hydrogen-bond donors (Lipinski definition) is 3. The first kappa shape index (κ1) is 15.8. The molecule has 1 aliphatic carbocycles. The van der Waals surface area contributed by atoms with Crippen LogP contribution in [0.5, 0.6) is 0 Å². The van der Waals surface area contributed by atoms with Gasteiger partial charge in [0.15, 0.2) is 5.84 Å². The van der Waals surface area contributed by atoms with Crippen molar-refractivity contribution in [1.29, 1.82) is 0 Å². The average Bonchev–Trinajstić information content (AvgIpc) is 2.31. The van der Waals surface area contributed by atoms with Gasteiger partial charge in [-0.05, 0) is 31.6 Å². The highest BCUT2D eigenvalue weighted by Gasteiger charge is 2.35. The summed E-state index contributed by atoms with van der Waals surface area (Å²) in [6.07, 6.45) is 3.68. The van der Waals surface area contributed by atoms with Crippen molar-refractivity contribution in [3.05, 3.63) is 0 Å². The summed E-state index contributed by atoms with van der Waals surface area (Å²) >= 11 is 0. The molecular weight excluding hydrogens is 246 g/mol. The molecule has 1 fully saturated rings. The van der Waals surface area contributed by atoms with Gasteiger partial charge in [0.05, 0.1) is 0 Å². The van der Waals surface area contributed by atoms with Crippen LogP contribution in [0, 0.1) is 11.8 Å². The molecule has 0 aliphatic heterocycles. The van der Waals surface area contributed by atoms with Gasteiger partial charge in [-0.25, -0.2) is 0 Å². The minimum absolute atomic E-state index is 0.0277. The molecule has 1 unspecified atom stereocenters. The molecule has 0 heterocycles. The Morgan fingerprint density at radius 2 is 2.11 bits per heavy atom. The van der Waals surface area contributed by atoms with Crippen LogP contribution >= 0.6 is 0 Å². The summed E-state index contributed by atoms with van der Waals surface area (Å²) in [5, 5.41) is 20.8. The molecule has 4 N–H and O–H groups in total.